The smallest absolute Gasteiger partial charge is 0.239 e. The summed E-state index contributed by atoms with van der Waals surface area (Å²) in [5.41, 5.74) is 6.56. The molecule has 5 heteroatoms. The Labute approximate surface area is 123 Å². The number of primary amides is 1. The fraction of sp³-hybridized carbons (Fsp3) is 0.125. The van der Waals surface area contributed by atoms with E-state index >= 15 is 0 Å². The number of nitriles is 1. The summed E-state index contributed by atoms with van der Waals surface area (Å²) in [6.45, 7) is 1.70. The van der Waals surface area contributed by atoms with Crippen LogP contribution in [0.5, 0.6) is 11.5 Å². The highest BCUT2D eigenvalue weighted by molar-refractivity contribution is 5.82. The molecule has 21 heavy (non-hydrogen) atoms. The van der Waals surface area contributed by atoms with Gasteiger partial charge in [0.1, 0.15) is 17.5 Å². The molecule has 0 radical (unpaired) electrons. The number of anilines is 1. The molecule has 2 aromatic rings. The summed E-state index contributed by atoms with van der Waals surface area (Å²) in [6, 6.07) is 15.7. The van der Waals surface area contributed by atoms with Crippen LogP contribution < -0.4 is 15.8 Å². The summed E-state index contributed by atoms with van der Waals surface area (Å²) >= 11 is 0. The zero-order chi connectivity index (χ0) is 15.2. The van der Waals surface area contributed by atoms with Crippen molar-refractivity contribution in [3.8, 4) is 17.6 Å². The van der Waals surface area contributed by atoms with Crippen molar-refractivity contribution in [3.63, 3.8) is 0 Å². The maximum Gasteiger partial charge on any atom is 0.239 e. The van der Waals surface area contributed by atoms with E-state index in [4.69, 9.17) is 15.7 Å². The lowest BCUT2D eigenvalue weighted by molar-refractivity contribution is -0.118. The third kappa shape index (κ3) is 3.98. The van der Waals surface area contributed by atoms with E-state index in [1.165, 1.54) is 0 Å². The topological polar surface area (TPSA) is 88.1 Å². The molecule has 0 bridgehead atoms. The van der Waals surface area contributed by atoms with Crippen molar-refractivity contribution in [2.45, 2.75) is 13.0 Å². The van der Waals surface area contributed by atoms with Gasteiger partial charge >= 0.3 is 0 Å². The van der Waals surface area contributed by atoms with E-state index < -0.39 is 11.9 Å². The SMILES string of the molecule is C[C@@H](Nc1ccc(Oc2ccc(C#N)cc2)cc1)C(N)=O. The van der Waals surface area contributed by atoms with Gasteiger partial charge in [0.05, 0.1) is 11.6 Å². The lowest BCUT2D eigenvalue weighted by atomic mass is 10.2. The van der Waals surface area contributed by atoms with Gasteiger partial charge in [-0.05, 0) is 55.5 Å². The van der Waals surface area contributed by atoms with Gasteiger partial charge in [0, 0.05) is 5.69 Å². The zero-order valence-corrected chi connectivity index (χ0v) is 11.5. The second kappa shape index (κ2) is 6.44. The Hall–Kier alpha value is -3.00. The number of hydrogen-bond acceptors (Lipinski definition) is 4. The summed E-state index contributed by atoms with van der Waals surface area (Å²) in [4.78, 5) is 11.0. The molecule has 5 nitrogen and oxygen atoms in total. The van der Waals surface area contributed by atoms with Crippen molar-refractivity contribution in [3.05, 3.63) is 54.1 Å². The first-order chi connectivity index (χ1) is 10.1. The van der Waals surface area contributed by atoms with E-state index in [0.29, 0.717) is 17.1 Å². The summed E-state index contributed by atoms with van der Waals surface area (Å²) < 4.78 is 5.66. The van der Waals surface area contributed by atoms with Gasteiger partial charge in [-0.2, -0.15) is 5.26 Å². The van der Waals surface area contributed by atoms with Crippen molar-refractivity contribution in [1.82, 2.24) is 0 Å². The number of benzene rings is 2. The predicted molar refractivity (Wildman–Crippen MR) is 80.0 cm³/mol. The molecule has 0 heterocycles. The van der Waals surface area contributed by atoms with Crippen molar-refractivity contribution in [2.75, 3.05) is 5.32 Å². The summed E-state index contributed by atoms with van der Waals surface area (Å²) in [5, 5.41) is 11.7. The monoisotopic (exact) mass is 281 g/mol. The maximum absolute atomic E-state index is 11.0. The molecule has 1 atom stereocenters. The molecule has 0 aliphatic heterocycles. The maximum atomic E-state index is 11.0. The Kier molecular flexibility index (Phi) is 4.42. The molecule has 0 fully saturated rings. The van der Waals surface area contributed by atoms with Gasteiger partial charge in [0.25, 0.3) is 0 Å². The molecular weight excluding hydrogens is 266 g/mol. The Bertz CT molecular complexity index is 657. The second-order valence-electron chi connectivity index (χ2n) is 4.53. The molecule has 0 saturated carbocycles. The first-order valence-electron chi connectivity index (χ1n) is 6.42. The van der Waals surface area contributed by atoms with Crippen LogP contribution in [0.25, 0.3) is 0 Å². The first kappa shape index (κ1) is 14.4. The van der Waals surface area contributed by atoms with Crippen LogP contribution in [0.15, 0.2) is 48.5 Å². The van der Waals surface area contributed by atoms with Gasteiger partial charge in [-0.1, -0.05) is 0 Å². The Morgan fingerprint density at radius 3 is 2.14 bits per heavy atom. The van der Waals surface area contributed by atoms with E-state index in [1.54, 1.807) is 55.5 Å². The van der Waals surface area contributed by atoms with Crippen molar-refractivity contribution < 1.29 is 9.53 Å². The van der Waals surface area contributed by atoms with Gasteiger partial charge in [0.15, 0.2) is 0 Å². The number of nitrogens with zero attached hydrogens (tertiary/aromatic N) is 1. The number of hydrogen-bond donors (Lipinski definition) is 2. The highest BCUT2D eigenvalue weighted by Crippen LogP contribution is 2.23. The number of ether oxygens (including phenoxy) is 1. The van der Waals surface area contributed by atoms with Gasteiger partial charge < -0.3 is 15.8 Å². The molecule has 1 amide bonds. The van der Waals surface area contributed by atoms with Crippen molar-refractivity contribution >= 4 is 11.6 Å². The van der Waals surface area contributed by atoms with Crippen LogP contribution in [-0.4, -0.2) is 11.9 Å². The third-order valence-corrected chi connectivity index (χ3v) is 2.88. The first-order valence-corrected chi connectivity index (χ1v) is 6.42. The lowest BCUT2D eigenvalue weighted by Gasteiger charge is -2.12. The average Bonchev–Trinajstić information content (AvgIpc) is 2.50. The summed E-state index contributed by atoms with van der Waals surface area (Å²) in [6.07, 6.45) is 0. The Morgan fingerprint density at radius 2 is 1.67 bits per heavy atom. The number of rotatable bonds is 5. The van der Waals surface area contributed by atoms with Crippen LogP contribution in [0.4, 0.5) is 5.69 Å². The number of carbonyl (C=O) groups excluding carboxylic acids is 1. The molecule has 2 aromatic carbocycles. The Balaban J connectivity index is 2.01. The summed E-state index contributed by atoms with van der Waals surface area (Å²) in [5.74, 6) is 0.908. The molecular formula is C16H15N3O2. The highest BCUT2D eigenvalue weighted by Gasteiger charge is 2.07. The average molecular weight is 281 g/mol. The molecule has 0 unspecified atom stereocenters. The quantitative estimate of drug-likeness (QED) is 0.881. The van der Waals surface area contributed by atoms with Gasteiger partial charge in [0.2, 0.25) is 5.91 Å². The zero-order valence-electron chi connectivity index (χ0n) is 11.5. The highest BCUT2D eigenvalue weighted by atomic mass is 16.5. The van der Waals surface area contributed by atoms with E-state index in [0.717, 1.165) is 5.69 Å². The van der Waals surface area contributed by atoms with Gasteiger partial charge in [-0.3, -0.25) is 4.79 Å². The number of nitrogens with one attached hydrogen (secondary N) is 1. The van der Waals surface area contributed by atoms with Crippen LogP contribution in [0.3, 0.4) is 0 Å². The van der Waals surface area contributed by atoms with Crippen LogP contribution in [0.2, 0.25) is 0 Å². The van der Waals surface area contributed by atoms with Crippen molar-refractivity contribution in [1.29, 1.82) is 5.26 Å². The van der Waals surface area contributed by atoms with Gasteiger partial charge in [-0.15, -0.1) is 0 Å². The fourth-order valence-corrected chi connectivity index (χ4v) is 1.67. The van der Waals surface area contributed by atoms with Crippen LogP contribution in [0.1, 0.15) is 12.5 Å². The minimum Gasteiger partial charge on any atom is -0.457 e. The molecule has 2 rings (SSSR count). The molecule has 0 saturated heterocycles. The fourth-order valence-electron chi connectivity index (χ4n) is 1.67. The Morgan fingerprint density at radius 1 is 1.14 bits per heavy atom. The molecule has 3 N–H and O–H groups in total. The van der Waals surface area contributed by atoms with E-state index in [-0.39, 0.29) is 0 Å². The number of carbonyl (C=O) groups is 1. The van der Waals surface area contributed by atoms with E-state index in [1.807, 2.05) is 0 Å². The van der Waals surface area contributed by atoms with Crippen molar-refractivity contribution in [2.24, 2.45) is 5.73 Å². The molecule has 0 aliphatic rings. The second-order valence-corrected chi connectivity index (χ2v) is 4.53. The summed E-state index contributed by atoms with van der Waals surface area (Å²) in [7, 11) is 0. The van der Waals surface area contributed by atoms with Crippen LogP contribution >= 0.6 is 0 Å². The molecule has 0 spiro atoms. The lowest BCUT2D eigenvalue weighted by Crippen LogP contribution is -2.32. The number of amides is 1. The van der Waals surface area contributed by atoms with E-state index in [2.05, 4.69) is 11.4 Å². The normalized spacial score (nSPS) is 11.2. The molecule has 0 aliphatic carbocycles. The molecule has 106 valence electrons. The third-order valence-electron chi connectivity index (χ3n) is 2.88. The van der Waals surface area contributed by atoms with Crippen LogP contribution in [-0.2, 0) is 4.79 Å². The number of nitrogens with two attached hydrogens (primary N) is 1. The van der Waals surface area contributed by atoms with Crippen LogP contribution in [0, 0.1) is 11.3 Å². The largest absolute Gasteiger partial charge is 0.457 e. The van der Waals surface area contributed by atoms with Gasteiger partial charge in [-0.25, -0.2) is 0 Å². The minimum absolute atomic E-state index is 0.409. The predicted octanol–water partition coefficient (Wildman–Crippen LogP) is 2.64. The standard InChI is InChI=1S/C16H15N3O2/c1-11(16(18)20)19-13-4-8-15(9-5-13)21-14-6-2-12(10-17)3-7-14/h2-9,11,19H,1H3,(H2,18,20)/t11-/m1/s1. The molecule has 0 aromatic heterocycles. The minimum atomic E-state index is -0.435. The van der Waals surface area contributed by atoms with E-state index in [9.17, 15) is 4.79 Å².